The van der Waals surface area contributed by atoms with E-state index in [-0.39, 0.29) is 17.3 Å². The fourth-order valence-electron chi connectivity index (χ4n) is 1.66. The summed E-state index contributed by atoms with van der Waals surface area (Å²) in [6.07, 6.45) is -4.54. The summed E-state index contributed by atoms with van der Waals surface area (Å²) in [5.74, 6) is 0.291. The van der Waals surface area contributed by atoms with Crippen LogP contribution in [0.1, 0.15) is 18.3 Å². The molecule has 0 unspecified atom stereocenters. The van der Waals surface area contributed by atoms with E-state index in [9.17, 15) is 13.2 Å². The highest BCUT2D eigenvalue weighted by Crippen LogP contribution is 2.35. The average Bonchev–Trinajstić information content (AvgIpc) is 2.83. The Balaban J connectivity index is 2.50. The summed E-state index contributed by atoms with van der Waals surface area (Å²) in [5, 5.41) is 13.7. The van der Waals surface area contributed by atoms with Crippen molar-refractivity contribution in [3.8, 4) is 5.69 Å². The standard InChI is InChI=1S/C11H11ClF3N5/c1-2-16-6-10-17-18-19-20(10)9-4-3-7(12)5-8(9)11(13,14)15/h3-5,16H,2,6H2,1H3. The Morgan fingerprint density at radius 3 is 2.75 bits per heavy atom. The van der Waals surface area contributed by atoms with Gasteiger partial charge in [-0.1, -0.05) is 18.5 Å². The van der Waals surface area contributed by atoms with Crippen LogP contribution in [0.5, 0.6) is 0 Å². The highest BCUT2D eigenvalue weighted by molar-refractivity contribution is 6.30. The van der Waals surface area contributed by atoms with Crippen molar-refractivity contribution in [2.45, 2.75) is 19.6 Å². The van der Waals surface area contributed by atoms with Crippen molar-refractivity contribution < 1.29 is 13.2 Å². The van der Waals surface area contributed by atoms with E-state index >= 15 is 0 Å². The van der Waals surface area contributed by atoms with E-state index < -0.39 is 11.7 Å². The zero-order valence-electron chi connectivity index (χ0n) is 10.4. The van der Waals surface area contributed by atoms with Crippen molar-refractivity contribution in [2.24, 2.45) is 0 Å². The molecule has 0 aliphatic heterocycles. The van der Waals surface area contributed by atoms with Crippen LogP contribution in [0.2, 0.25) is 5.02 Å². The molecule has 20 heavy (non-hydrogen) atoms. The molecule has 1 aromatic heterocycles. The minimum absolute atomic E-state index is 0.00221. The van der Waals surface area contributed by atoms with Crippen LogP contribution < -0.4 is 5.32 Å². The molecule has 0 fully saturated rings. The highest BCUT2D eigenvalue weighted by Gasteiger charge is 2.35. The molecule has 0 saturated carbocycles. The Labute approximate surface area is 117 Å². The number of benzene rings is 1. The topological polar surface area (TPSA) is 55.6 Å². The van der Waals surface area contributed by atoms with Crippen LogP contribution in [-0.2, 0) is 12.7 Å². The molecule has 2 aromatic rings. The molecule has 0 bridgehead atoms. The number of hydrogen-bond acceptors (Lipinski definition) is 4. The van der Waals surface area contributed by atoms with Gasteiger partial charge in [0.15, 0.2) is 5.82 Å². The van der Waals surface area contributed by atoms with Crippen LogP contribution in [0, 0.1) is 0 Å². The van der Waals surface area contributed by atoms with Gasteiger partial charge in [-0.3, -0.25) is 0 Å². The zero-order valence-corrected chi connectivity index (χ0v) is 11.2. The minimum atomic E-state index is -4.54. The Bertz CT molecular complexity index is 596. The van der Waals surface area contributed by atoms with Crippen LogP contribution in [0.25, 0.3) is 5.69 Å². The third-order valence-corrected chi connectivity index (χ3v) is 2.79. The van der Waals surface area contributed by atoms with Crippen molar-refractivity contribution in [2.75, 3.05) is 6.54 Å². The van der Waals surface area contributed by atoms with Crippen LogP contribution in [0.3, 0.4) is 0 Å². The number of nitrogens with one attached hydrogen (secondary N) is 1. The number of aromatic nitrogens is 4. The number of tetrazole rings is 1. The third kappa shape index (κ3) is 3.07. The molecule has 1 heterocycles. The summed E-state index contributed by atoms with van der Waals surface area (Å²) in [6.45, 7) is 2.79. The quantitative estimate of drug-likeness (QED) is 0.942. The monoisotopic (exact) mass is 305 g/mol. The molecule has 2 rings (SSSR count). The Hall–Kier alpha value is -1.67. The van der Waals surface area contributed by atoms with E-state index in [4.69, 9.17) is 11.6 Å². The number of nitrogens with zero attached hydrogens (tertiary/aromatic N) is 4. The summed E-state index contributed by atoms with van der Waals surface area (Å²) >= 11 is 5.63. The van der Waals surface area contributed by atoms with Crippen molar-refractivity contribution in [1.82, 2.24) is 25.5 Å². The molecular formula is C11H11ClF3N5. The average molecular weight is 306 g/mol. The van der Waals surface area contributed by atoms with Gasteiger partial charge in [-0.2, -0.15) is 17.9 Å². The number of rotatable bonds is 4. The highest BCUT2D eigenvalue weighted by atomic mass is 35.5. The van der Waals surface area contributed by atoms with Crippen molar-refractivity contribution >= 4 is 11.6 Å². The van der Waals surface area contributed by atoms with E-state index in [1.807, 2.05) is 6.92 Å². The second-order valence-electron chi connectivity index (χ2n) is 3.95. The fourth-order valence-corrected chi connectivity index (χ4v) is 1.83. The molecule has 1 N–H and O–H groups in total. The lowest BCUT2D eigenvalue weighted by Crippen LogP contribution is -2.18. The molecule has 0 aliphatic rings. The molecule has 9 heteroatoms. The van der Waals surface area contributed by atoms with Gasteiger partial charge in [-0.25, -0.2) is 0 Å². The van der Waals surface area contributed by atoms with Gasteiger partial charge < -0.3 is 5.32 Å². The summed E-state index contributed by atoms with van der Waals surface area (Å²) < 4.78 is 40.2. The number of alkyl halides is 3. The molecule has 108 valence electrons. The molecule has 0 radical (unpaired) electrons. The zero-order chi connectivity index (χ0) is 14.8. The minimum Gasteiger partial charge on any atom is -0.310 e. The van der Waals surface area contributed by atoms with Gasteiger partial charge >= 0.3 is 6.18 Å². The van der Waals surface area contributed by atoms with E-state index in [0.717, 1.165) is 10.7 Å². The van der Waals surface area contributed by atoms with Gasteiger partial charge in [-0.15, -0.1) is 5.10 Å². The molecular weight excluding hydrogens is 295 g/mol. The van der Waals surface area contributed by atoms with Gasteiger partial charge in [0.25, 0.3) is 0 Å². The predicted octanol–water partition coefficient (Wildman–Crippen LogP) is 2.44. The van der Waals surface area contributed by atoms with Crippen LogP contribution >= 0.6 is 11.6 Å². The smallest absolute Gasteiger partial charge is 0.310 e. The van der Waals surface area contributed by atoms with Gasteiger partial charge in [0.2, 0.25) is 0 Å². The van der Waals surface area contributed by atoms with Crippen molar-refractivity contribution in [3.05, 3.63) is 34.6 Å². The second-order valence-corrected chi connectivity index (χ2v) is 4.38. The summed E-state index contributed by atoms with van der Waals surface area (Å²) in [7, 11) is 0. The van der Waals surface area contributed by atoms with Crippen LogP contribution in [0.4, 0.5) is 13.2 Å². The van der Waals surface area contributed by atoms with Gasteiger partial charge in [0.1, 0.15) is 0 Å². The van der Waals surface area contributed by atoms with Gasteiger partial charge in [0.05, 0.1) is 17.8 Å². The Morgan fingerprint density at radius 2 is 2.10 bits per heavy atom. The predicted molar refractivity (Wildman–Crippen MR) is 66.5 cm³/mol. The molecule has 0 saturated heterocycles. The maximum absolute atomic E-state index is 13.0. The van der Waals surface area contributed by atoms with E-state index in [1.54, 1.807) is 0 Å². The summed E-state index contributed by atoms with van der Waals surface area (Å²) in [4.78, 5) is 0. The Kier molecular flexibility index (Phi) is 4.24. The molecule has 0 spiro atoms. The first-order valence-corrected chi connectivity index (χ1v) is 6.16. The van der Waals surface area contributed by atoms with Crippen molar-refractivity contribution in [3.63, 3.8) is 0 Å². The lowest BCUT2D eigenvalue weighted by Gasteiger charge is -2.13. The van der Waals surface area contributed by atoms with Gasteiger partial charge in [-0.05, 0) is 35.2 Å². The summed E-state index contributed by atoms with van der Waals surface area (Å²) in [6, 6.07) is 3.47. The molecule has 0 aliphatic carbocycles. The third-order valence-electron chi connectivity index (χ3n) is 2.56. The number of halogens is 4. The summed E-state index contributed by atoms with van der Waals surface area (Å²) in [5.41, 5.74) is -1.03. The molecule has 0 amide bonds. The SMILES string of the molecule is CCNCc1nnnn1-c1ccc(Cl)cc1C(F)(F)F. The largest absolute Gasteiger partial charge is 0.418 e. The van der Waals surface area contributed by atoms with Crippen molar-refractivity contribution in [1.29, 1.82) is 0 Å². The molecule has 1 aromatic carbocycles. The van der Waals surface area contributed by atoms with Gasteiger partial charge in [0, 0.05) is 5.02 Å². The lowest BCUT2D eigenvalue weighted by molar-refractivity contribution is -0.137. The first-order valence-electron chi connectivity index (χ1n) is 5.78. The van der Waals surface area contributed by atoms with E-state index in [1.165, 1.54) is 12.1 Å². The van der Waals surface area contributed by atoms with E-state index in [2.05, 4.69) is 20.8 Å². The van der Waals surface area contributed by atoms with E-state index in [0.29, 0.717) is 12.4 Å². The first-order chi connectivity index (χ1) is 9.43. The van der Waals surface area contributed by atoms with Crippen LogP contribution in [-0.4, -0.2) is 26.8 Å². The Morgan fingerprint density at radius 1 is 1.35 bits per heavy atom. The number of hydrogen-bond donors (Lipinski definition) is 1. The fraction of sp³-hybridized carbons (Fsp3) is 0.364. The maximum atomic E-state index is 13.0. The normalized spacial score (nSPS) is 11.8. The molecule has 5 nitrogen and oxygen atoms in total. The first kappa shape index (κ1) is 14.7. The second kappa shape index (κ2) is 5.76. The molecule has 0 atom stereocenters. The van der Waals surface area contributed by atoms with Crippen LogP contribution in [0.15, 0.2) is 18.2 Å². The lowest BCUT2D eigenvalue weighted by atomic mass is 10.1. The maximum Gasteiger partial charge on any atom is 0.418 e.